The van der Waals surface area contributed by atoms with Crippen LogP contribution in [0.5, 0.6) is 0 Å². The van der Waals surface area contributed by atoms with Gasteiger partial charge in [0.15, 0.2) is 5.78 Å². The lowest BCUT2D eigenvalue weighted by Crippen LogP contribution is -2.04. The summed E-state index contributed by atoms with van der Waals surface area (Å²) in [6, 6.07) is 9.34. The van der Waals surface area contributed by atoms with E-state index < -0.39 is 0 Å². The van der Waals surface area contributed by atoms with Gasteiger partial charge in [0.2, 0.25) is 0 Å². The standard InChI is InChI=1S/C14H13NO/c1-10-5-3-7-13(11(10)2)14(16)12-6-4-8-15-9-12/h3-9H,1-2H3. The van der Waals surface area contributed by atoms with Crippen LogP contribution >= 0.6 is 0 Å². The first-order valence-electron chi connectivity index (χ1n) is 5.21. The van der Waals surface area contributed by atoms with Gasteiger partial charge in [0.25, 0.3) is 0 Å². The van der Waals surface area contributed by atoms with Gasteiger partial charge < -0.3 is 0 Å². The van der Waals surface area contributed by atoms with Crippen LogP contribution in [0, 0.1) is 13.8 Å². The van der Waals surface area contributed by atoms with Crippen LogP contribution in [-0.4, -0.2) is 10.8 Å². The number of hydrogen-bond acceptors (Lipinski definition) is 2. The molecule has 0 aliphatic rings. The second-order valence-corrected chi connectivity index (χ2v) is 3.82. The van der Waals surface area contributed by atoms with Crippen molar-refractivity contribution < 1.29 is 4.79 Å². The highest BCUT2D eigenvalue weighted by Crippen LogP contribution is 2.16. The first-order valence-corrected chi connectivity index (χ1v) is 5.21. The van der Waals surface area contributed by atoms with Gasteiger partial charge in [-0.2, -0.15) is 0 Å². The molecule has 2 rings (SSSR count). The van der Waals surface area contributed by atoms with E-state index in [1.54, 1.807) is 24.5 Å². The molecule has 0 atom stereocenters. The summed E-state index contributed by atoms with van der Waals surface area (Å²) in [5.41, 5.74) is 3.57. The number of benzene rings is 1. The molecule has 16 heavy (non-hydrogen) atoms. The highest BCUT2D eigenvalue weighted by atomic mass is 16.1. The molecule has 1 heterocycles. The molecule has 2 nitrogen and oxygen atoms in total. The molecule has 0 saturated carbocycles. The number of rotatable bonds is 2. The van der Waals surface area contributed by atoms with Gasteiger partial charge in [-0.05, 0) is 37.1 Å². The molecule has 2 aromatic rings. The van der Waals surface area contributed by atoms with Gasteiger partial charge in [0.1, 0.15) is 0 Å². The number of nitrogens with zero attached hydrogens (tertiary/aromatic N) is 1. The number of aryl methyl sites for hydroxylation is 1. The molecule has 0 bridgehead atoms. The van der Waals surface area contributed by atoms with E-state index in [9.17, 15) is 4.79 Å². The van der Waals surface area contributed by atoms with Crippen LogP contribution in [0.2, 0.25) is 0 Å². The summed E-state index contributed by atoms with van der Waals surface area (Å²) in [6.07, 6.45) is 3.27. The number of pyridine rings is 1. The fraction of sp³-hybridized carbons (Fsp3) is 0.143. The van der Waals surface area contributed by atoms with E-state index >= 15 is 0 Å². The molecule has 80 valence electrons. The Balaban J connectivity index is 2.46. The van der Waals surface area contributed by atoms with E-state index in [-0.39, 0.29) is 5.78 Å². The number of carbonyl (C=O) groups excluding carboxylic acids is 1. The maximum absolute atomic E-state index is 12.2. The minimum Gasteiger partial charge on any atom is -0.289 e. The predicted molar refractivity (Wildman–Crippen MR) is 63.6 cm³/mol. The Hall–Kier alpha value is -1.96. The zero-order valence-corrected chi connectivity index (χ0v) is 9.40. The topological polar surface area (TPSA) is 30.0 Å². The smallest absolute Gasteiger partial charge is 0.194 e. The van der Waals surface area contributed by atoms with Crippen molar-refractivity contribution in [3.63, 3.8) is 0 Å². The highest BCUT2D eigenvalue weighted by molar-refractivity contribution is 6.09. The molecular weight excluding hydrogens is 198 g/mol. The second-order valence-electron chi connectivity index (χ2n) is 3.82. The van der Waals surface area contributed by atoms with Crippen molar-refractivity contribution in [1.29, 1.82) is 0 Å². The Morgan fingerprint density at radius 3 is 2.62 bits per heavy atom. The lowest BCUT2D eigenvalue weighted by atomic mass is 9.97. The maximum atomic E-state index is 12.2. The first kappa shape index (κ1) is 10.6. The average Bonchev–Trinajstić information content (AvgIpc) is 2.33. The summed E-state index contributed by atoms with van der Waals surface area (Å²) >= 11 is 0. The van der Waals surface area contributed by atoms with Crippen LogP contribution in [0.4, 0.5) is 0 Å². The monoisotopic (exact) mass is 211 g/mol. The largest absolute Gasteiger partial charge is 0.289 e. The summed E-state index contributed by atoms with van der Waals surface area (Å²) in [6.45, 7) is 3.98. The van der Waals surface area contributed by atoms with E-state index in [0.717, 1.165) is 16.7 Å². The van der Waals surface area contributed by atoms with Gasteiger partial charge in [-0.25, -0.2) is 0 Å². The summed E-state index contributed by atoms with van der Waals surface area (Å²) in [5, 5.41) is 0. The van der Waals surface area contributed by atoms with E-state index in [0.29, 0.717) is 5.56 Å². The van der Waals surface area contributed by atoms with Gasteiger partial charge in [-0.3, -0.25) is 9.78 Å². The predicted octanol–water partition coefficient (Wildman–Crippen LogP) is 2.93. The third-order valence-electron chi connectivity index (χ3n) is 2.77. The molecule has 2 heteroatoms. The second kappa shape index (κ2) is 4.27. The molecule has 0 radical (unpaired) electrons. The normalized spacial score (nSPS) is 10.1. The molecule has 0 spiro atoms. The van der Waals surface area contributed by atoms with Crippen molar-refractivity contribution in [2.24, 2.45) is 0 Å². The molecule has 0 unspecified atom stereocenters. The van der Waals surface area contributed by atoms with Crippen LogP contribution in [0.3, 0.4) is 0 Å². The Morgan fingerprint density at radius 1 is 1.12 bits per heavy atom. The average molecular weight is 211 g/mol. The first-order chi connectivity index (χ1) is 7.70. The van der Waals surface area contributed by atoms with Gasteiger partial charge in [-0.15, -0.1) is 0 Å². The van der Waals surface area contributed by atoms with Crippen LogP contribution < -0.4 is 0 Å². The molecule has 0 saturated heterocycles. The molecule has 0 amide bonds. The minimum atomic E-state index is 0.0364. The van der Waals surface area contributed by atoms with Gasteiger partial charge in [0, 0.05) is 23.5 Å². The quantitative estimate of drug-likeness (QED) is 0.715. The zero-order chi connectivity index (χ0) is 11.5. The third-order valence-corrected chi connectivity index (χ3v) is 2.77. The van der Waals surface area contributed by atoms with E-state index in [2.05, 4.69) is 4.98 Å². The number of ketones is 1. The van der Waals surface area contributed by atoms with Crippen LogP contribution in [0.25, 0.3) is 0 Å². The molecule has 0 aliphatic heterocycles. The van der Waals surface area contributed by atoms with Crippen LogP contribution in [0.15, 0.2) is 42.7 Å². The molecule has 1 aromatic heterocycles. The van der Waals surface area contributed by atoms with E-state index in [1.165, 1.54) is 0 Å². The fourth-order valence-corrected chi connectivity index (χ4v) is 1.65. The number of carbonyl (C=O) groups is 1. The lowest BCUT2D eigenvalue weighted by molar-refractivity contribution is 0.103. The Kier molecular flexibility index (Phi) is 2.82. The van der Waals surface area contributed by atoms with Gasteiger partial charge in [0.05, 0.1) is 0 Å². The van der Waals surface area contributed by atoms with Crippen molar-refractivity contribution in [3.8, 4) is 0 Å². The Bertz CT molecular complexity index is 518. The van der Waals surface area contributed by atoms with Gasteiger partial charge >= 0.3 is 0 Å². The molecule has 0 N–H and O–H groups in total. The number of hydrogen-bond donors (Lipinski definition) is 0. The number of aromatic nitrogens is 1. The van der Waals surface area contributed by atoms with E-state index in [1.807, 2.05) is 32.0 Å². The van der Waals surface area contributed by atoms with Crippen molar-refractivity contribution in [2.45, 2.75) is 13.8 Å². The van der Waals surface area contributed by atoms with Crippen molar-refractivity contribution in [1.82, 2.24) is 4.98 Å². The highest BCUT2D eigenvalue weighted by Gasteiger charge is 2.11. The van der Waals surface area contributed by atoms with E-state index in [4.69, 9.17) is 0 Å². The third kappa shape index (κ3) is 1.87. The Labute approximate surface area is 95.0 Å². The van der Waals surface area contributed by atoms with Gasteiger partial charge in [-0.1, -0.05) is 18.2 Å². The van der Waals surface area contributed by atoms with Crippen LogP contribution in [0.1, 0.15) is 27.0 Å². The summed E-state index contributed by atoms with van der Waals surface area (Å²) in [7, 11) is 0. The van der Waals surface area contributed by atoms with Crippen molar-refractivity contribution in [2.75, 3.05) is 0 Å². The molecular formula is C14H13NO. The lowest BCUT2D eigenvalue weighted by Gasteiger charge is -2.06. The maximum Gasteiger partial charge on any atom is 0.194 e. The molecule has 0 aliphatic carbocycles. The zero-order valence-electron chi connectivity index (χ0n) is 9.40. The summed E-state index contributed by atoms with van der Waals surface area (Å²) in [5.74, 6) is 0.0364. The minimum absolute atomic E-state index is 0.0364. The van der Waals surface area contributed by atoms with Crippen LogP contribution in [-0.2, 0) is 0 Å². The SMILES string of the molecule is Cc1cccc(C(=O)c2cccnc2)c1C. The van der Waals surface area contributed by atoms with Crippen molar-refractivity contribution in [3.05, 3.63) is 65.0 Å². The molecule has 1 aromatic carbocycles. The Morgan fingerprint density at radius 2 is 1.94 bits per heavy atom. The fourth-order valence-electron chi connectivity index (χ4n) is 1.65. The summed E-state index contributed by atoms with van der Waals surface area (Å²) in [4.78, 5) is 16.1. The van der Waals surface area contributed by atoms with Crippen molar-refractivity contribution >= 4 is 5.78 Å². The summed E-state index contributed by atoms with van der Waals surface area (Å²) < 4.78 is 0. The molecule has 0 fully saturated rings.